The van der Waals surface area contributed by atoms with Crippen molar-refractivity contribution in [1.82, 2.24) is 4.90 Å². The van der Waals surface area contributed by atoms with E-state index in [1.54, 1.807) is 0 Å². The monoisotopic (exact) mass is 185 g/mol. The van der Waals surface area contributed by atoms with Gasteiger partial charge in [-0.15, -0.1) is 0 Å². The second-order valence-corrected chi connectivity index (χ2v) is 4.57. The quantitative estimate of drug-likeness (QED) is 0.621. The molecule has 0 aromatic heterocycles. The van der Waals surface area contributed by atoms with Crippen LogP contribution in [0.1, 0.15) is 41.5 Å². The van der Waals surface area contributed by atoms with Gasteiger partial charge in [0.2, 0.25) is 0 Å². The lowest BCUT2D eigenvalue weighted by Crippen LogP contribution is -2.59. The minimum Gasteiger partial charge on any atom is -0.372 e. The van der Waals surface area contributed by atoms with Crippen LogP contribution in [0.3, 0.4) is 0 Å². The van der Waals surface area contributed by atoms with Gasteiger partial charge in [0.05, 0.1) is 12.2 Å². The molecule has 1 aliphatic heterocycles. The molecule has 1 rings (SSSR count). The first-order chi connectivity index (χ1) is 5.95. The molecule has 0 saturated carbocycles. The molecule has 1 heterocycles. The summed E-state index contributed by atoms with van der Waals surface area (Å²) in [6, 6.07) is 1.68. The number of nitrogens with zero attached hydrogens (tertiary/aromatic N) is 1. The standard InChI is InChI=1S/C11H23NO/c1-7(2)12-8(3)10(5)13-11(6)9(12)4/h7-11H,1-6H3. The zero-order chi connectivity index (χ0) is 10.2. The lowest BCUT2D eigenvalue weighted by molar-refractivity contribution is -0.138. The van der Waals surface area contributed by atoms with Gasteiger partial charge >= 0.3 is 0 Å². The molecule has 2 nitrogen and oxygen atoms in total. The van der Waals surface area contributed by atoms with Crippen LogP contribution in [0.25, 0.3) is 0 Å². The summed E-state index contributed by atoms with van der Waals surface area (Å²) < 4.78 is 5.85. The molecule has 0 amide bonds. The molecule has 1 saturated heterocycles. The molecule has 1 aliphatic rings. The van der Waals surface area contributed by atoms with E-state index in [2.05, 4.69) is 46.4 Å². The maximum Gasteiger partial charge on any atom is 0.0704 e. The van der Waals surface area contributed by atoms with E-state index in [0.29, 0.717) is 30.3 Å². The highest BCUT2D eigenvalue weighted by Crippen LogP contribution is 2.25. The van der Waals surface area contributed by atoms with Gasteiger partial charge in [-0.1, -0.05) is 0 Å². The number of rotatable bonds is 1. The minimum atomic E-state index is 0.355. The maximum absolute atomic E-state index is 5.85. The summed E-state index contributed by atoms with van der Waals surface area (Å²) >= 11 is 0. The molecule has 0 radical (unpaired) electrons. The summed E-state index contributed by atoms with van der Waals surface area (Å²) in [6.45, 7) is 13.4. The van der Waals surface area contributed by atoms with Crippen molar-refractivity contribution in [3.05, 3.63) is 0 Å². The molecule has 13 heavy (non-hydrogen) atoms. The molecule has 4 atom stereocenters. The fraction of sp³-hybridized carbons (Fsp3) is 1.00. The van der Waals surface area contributed by atoms with Gasteiger partial charge in [0.15, 0.2) is 0 Å². The van der Waals surface area contributed by atoms with Crippen molar-refractivity contribution >= 4 is 0 Å². The van der Waals surface area contributed by atoms with Crippen molar-refractivity contribution in [2.24, 2.45) is 0 Å². The average Bonchev–Trinajstić information content (AvgIpc) is 2.01. The molecular formula is C11H23NO. The maximum atomic E-state index is 5.85. The van der Waals surface area contributed by atoms with Crippen molar-refractivity contribution in [3.63, 3.8) is 0 Å². The Morgan fingerprint density at radius 2 is 1.31 bits per heavy atom. The normalized spacial score (nSPS) is 42.7. The highest BCUT2D eigenvalue weighted by atomic mass is 16.5. The Bertz CT molecular complexity index is 155. The Labute approximate surface area is 82.3 Å². The Hall–Kier alpha value is -0.0800. The van der Waals surface area contributed by atoms with E-state index in [-0.39, 0.29) is 0 Å². The average molecular weight is 185 g/mol. The number of hydrogen-bond donors (Lipinski definition) is 0. The summed E-state index contributed by atoms with van der Waals surface area (Å²) in [5.41, 5.74) is 0. The molecule has 0 N–H and O–H groups in total. The third kappa shape index (κ3) is 2.05. The molecule has 2 heteroatoms. The smallest absolute Gasteiger partial charge is 0.0704 e. The van der Waals surface area contributed by atoms with Gasteiger partial charge in [0.1, 0.15) is 0 Å². The third-order valence-electron chi connectivity index (χ3n) is 3.32. The number of hydrogen-bond acceptors (Lipinski definition) is 2. The summed E-state index contributed by atoms with van der Waals surface area (Å²) in [5, 5.41) is 0. The van der Waals surface area contributed by atoms with E-state index in [1.807, 2.05) is 0 Å². The lowest BCUT2D eigenvalue weighted by Gasteiger charge is -2.48. The number of morpholine rings is 1. The van der Waals surface area contributed by atoms with Gasteiger partial charge in [-0.3, -0.25) is 4.90 Å². The highest BCUT2D eigenvalue weighted by Gasteiger charge is 2.36. The largest absolute Gasteiger partial charge is 0.372 e. The first-order valence-electron chi connectivity index (χ1n) is 5.38. The van der Waals surface area contributed by atoms with Crippen LogP contribution in [0.15, 0.2) is 0 Å². The van der Waals surface area contributed by atoms with Gasteiger partial charge in [-0.05, 0) is 41.5 Å². The van der Waals surface area contributed by atoms with Crippen molar-refractivity contribution < 1.29 is 4.74 Å². The van der Waals surface area contributed by atoms with E-state index < -0.39 is 0 Å². The molecule has 0 bridgehead atoms. The van der Waals surface area contributed by atoms with Crippen LogP contribution >= 0.6 is 0 Å². The van der Waals surface area contributed by atoms with Crippen LogP contribution in [-0.2, 0) is 4.74 Å². The Morgan fingerprint density at radius 3 is 1.62 bits per heavy atom. The summed E-state index contributed by atoms with van der Waals surface area (Å²) in [4.78, 5) is 2.55. The topological polar surface area (TPSA) is 12.5 Å². The molecule has 1 fully saturated rings. The van der Waals surface area contributed by atoms with E-state index in [9.17, 15) is 0 Å². The van der Waals surface area contributed by atoms with Crippen molar-refractivity contribution in [1.29, 1.82) is 0 Å². The molecule has 78 valence electrons. The van der Waals surface area contributed by atoms with Gasteiger partial charge < -0.3 is 4.74 Å². The Morgan fingerprint density at radius 1 is 0.923 bits per heavy atom. The van der Waals surface area contributed by atoms with Gasteiger partial charge in [-0.25, -0.2) is 0 Å². The molecule has 0 aromatic carbocycles. The molecule has 0 spiro atoms. The Balaban J connectivity index is 2.76. The fourth-order valence-electron chi connectivity index (χ4n) is 2.36. The summed E-state index contributed by atoms with van der Waals surface area (Å²) in [7, 11) is 0. The first-order valence-corrected chi connectivity index (χ1v) is 5.38. The molecule has 0 aromatic rings. The van der Waals surface area contributed by atoms with Crippen LogP contribution in [0.5, 0.6) is 0 Å². The predicted octanol–water partition coefficient (Wildman–Crippen LogP) is 2.28. The zero-order valence-corrected chi connectivity index (χ0v) is 9.74. The van der Waals surface area contributed by atoms with Crippen LogP contribution in [0.4, 0.5) is 0 Å². The van der Waals surface area contributed by atoms with E-state index >= 15 is 0 Å². The highest BCUT2D eigenvalue weighted by molar-refractivity contribution is 4.88. The van der Waals surface area contributed by atoms with Gasteiger partial charge in [0.25, 0.3) is 0 Å². The zero-order valence-electron chi connectivity index (χ0n) is 9.74. The van der Waals surface area contributed by atoms with Crippen LogP contribution < -0.4 is 0 Å². The molecule has 4 unspecified atom stereocenters. The predicted molar refractivity (Wildman–Crippen MR) is 55.9 cm³/mol. The lowest BCUT2D eigenvalue weighted by atomic mass is 10.0. The molecular weight excluding hydrogens is 162 g/mol. The third-order valence-corrected chi connectivity index (χ3v) is 3.32. The van der Waals surface area contributed by atoms with Gasteiger partial charge in [0, 0.05) is 18.1 Å². The van der Waals surface area contributed by atoms with Crippen molar-refractivity contribution in [2.75, 3.05) is 0 Å². The van der Waals surface area contributed by atoms with Crippen LogP contribution in [-0.4, -0.2) is 35.2 Å². The van der Waals surface area contributed by atoms with Crippen molar-refractivity contribution in [2.45, 2.75) is 71.9 Å². The minimum absolute atomic E-state index is 0.355. The Kier molecular flexibility index (Phi) is 3.36. The molecule has 0 aliphatic carbocycles. The fourth-order valence-corrected chi connectivity index (χ4v) is 2.36. The summed E-state index contributed by atoms with van der Waals surface area (Å²) in [6.07, 6.45) is 0.710. The number of ether oxygens (including phenoxy) is 1. The van der Waals surface area contributed by atoms with Crippen molar-refractivity contribution in [3.8, 4) is 0 Å². The second-order valence-electron chi connectivity index (χ2n) is 4.57. The van der Waals surface area contributed by atoms with Crippen LogP contribution in [0, 0.1) is 0 Å². The van der Waals surface area contributed by atoms with E-state index in [4.69, 9.17) is 4.74 Å². The van der Waals surface area contributed by atoms with E-state index in [1.165, 1.54) is 0 Å². The van der Waals surface area contributed by atoms with E-state index in [0.717, 1.165) is 0 Å². The van der Waals surface area contributed by atoms with Gasteiger partial charge in [-0.2, -0.15) is 0 Å². The second kappa shape index (κ2) is 3.97. The summed E-state index contributed by atoms with van der Waals surface area (Å²) in [5.74, 6) is 0. The van der Waals surface area contributed by atoms with Crippen LogP contribution in [0.2, 0.25) is 0 Å². The first kappa shape index (κ1) is 11.0. The SMILES string of the molecule is CC1OC(C)C(C)N(C(C)C)C1C.